The van der Waals surface area contributed by atoms with E-state index in [1.165, 1.54) is 0 Å². The van der Waals surface area contributed by atoms with Crippen molar-refractivity contribution in [2.75, 3.05) is 17.2 Å². The van der Waals surface area contributed by atoms with Gasteiger partial charge in [-0.1, -0.05) is 39.8 Å². The fourth-order valence-electron chi connectivity index (χ4n) is 3.99. The Kier molecular flexibility index (Phi) is 8.23. The van der Waals surface area contributed by atoms with Gasteiger partial charge in [0.15, 0.2) is 10.2 Å². The van der Waals surface area contributed by atoms with Crippen LogP contribution in [0, 0.1) is 0 Å². The smallest absolute Gasteiger partial charge is 0.370 e. The Morgan fingerprint density at radius 3 is 2.74 bits per heavy atom. The summed E-state index contributed by atoms with van der Waals surface area (Å²) in [6, 6.07) is 7.63. The summed E-state index contributed by atoms with van der Waals surface area (Å²) in [6.07, 6.45) is 3.23. The molecule has 0 saturated heterocycles. The number of carboxylic acid groups (broad SMARTS) is 1. The van der Waals surface area contributed by atoms with Gasteiger partial charge in [-0.3, -0.25) is 4.55 Å². The van der Waals surface area contributed by atoms with Gasteiger partial charge in [-0.2, -0.15) is 13.0 Å². The highest BCUT2D eigenvalue weighted by molar-refractivity contribution is 9.11. The van der Waals surface area contributed by atoms with Crippen LogP contribution < -0.4 is 14.2 Å². The number of aromatic nitrogens is 1. The van der Waals surface area contributed by atoms with Gasteiger partial charge in [0.25, 0.3) is 15.1 Å². The molecule has 13 heteroatoms. The third kappa shape index (κ3) is 6.44. The van der Waals surface area contributed by atoms with Crippen LogP contribution in [-0.2, 0) is 21.5 Å². The van der Waals surface area contributed by atoms with Gasteiger partial charge >= 0.3 is 5.97 Å². The molecule has 2 aromatic heterocycles. The lowest BCUT2D eigenvalue weighted by molar-refractivity contribution is -0.657. The van der Waals surface area contributed by atoms with Crippen molar-refractivity contribution < 1.29 is 32.2 Å². The molecule has 35 heavy (non-hydrogen) atoms. The molecule has 3 heterocycles. The minimum atomic E-state index is -4.05. The number of fused-ring (bicyclic) bond motifs is 2. The Bertz CT molecular complexity index is 1400. The Hall–Kier alpha value is -1.51. The van der Waals surface area contributed by atoms with Crippen molar-refractivity contribution >= 4 is 91.9 Å². The molecule has 0 aliphatic carbocycles. The van der Waals surface area contributed by atoms with Crippen LogP contribution in [0.5, 0.6) is 5.75 Å². The van der Waals surface area contributed by atoms with E-state index in [4.69, 9.17) is 9.29 Å². The highest BCUT2D eigenvalue weighted by Gasteiger charge is 2.32. The zero-order valence-electron chi connectivity index (χ0n) is 18.6. The van der Waals surface area contributed by atoms with Crippen LogP contribution in [0.25, 0.3) is 15.6 Å². The highest BCUT2D eigenvalue weighted by atomic mass is 79.9. The SMILES string of the molecule is CCC(=Cc1sc2sc(Br)cc2[n+]1CC(=O)O)CC1Oc2ccc(Br)cc2N1CCCS(=O)(=O)O. The molecule has 1 aliphatic heterocycles. The summed E-state index contributed by atoms with van der Waals surface area (Å²) >= 11 is 10.1. The summed E-state index contributed by atoms with van der Waals surface area (Å²) in [5.74, 6) is -0.523. The highest BCUT2D eigenvalue weighted by Crippen LogP contribution is 2.41. The van der Waals surface area contributed by atoms with Crippen molar-refractivity contribution in [1.82, 2.24) is 0 Å². The number of carboxylic acids is 1. The predicted molar refractivity (Wildman–Crippen MR) is 145 cm³/mol. The maximum Gasteiger partial charge on any atom is 0.370 e. The number of thiophene rings is 1. The lowest BCUT2D eigenvalue weighted by Crippen LogP contribution is -2.39. The number of hydrogen-bond acceptors (Lipinski definition) is 7. The largest absolute Gasteiger partial charge is 0.477 e. The molecule has 1 unspecified atom stereocenters. The minimum absolute atomic E-state index is 0.132. The van der Waals surface area contributed by atoms with Gasteiger partial charge in [0.05, 0.1) is 15.2 Å². The van der Waals surface area contributed by atoms with Gasteiger partial charge in [-0.15, -0.1) is 11.3 Å². The summed E-state index contributed by atoms with van der Waals surface area (Å²) in [7, 11) is -4.05. The molecule has 3 aromatic rings. The zero-order chi connectivity index (χ0) is 25.3. The molecule has 0 saturated carbocycles. The van der Waals surface area contributed by atoms with Crippen LogP contribution in [0.2, 0.25) is 0 Å². The number of nitrogens with zero attached hydrogens (tertiary/aromatic N) is 2. The van der Waals surface area contributed by atoms with E-state index in [1.807, 2.05) is 46.7 Å². The second kappa shape index (κ2) is 10.9. The van der Waals surface area contributed by atoms with Crippen LogP contribution in [0.1, 0.15) is 31.2 Å². The number of halogens is 2. The Labute approximate surface area is 227 Å². The van der Waals surface area contributed by atoms with E-state index in [0.717, 1.165) is 40.5 Å². The molecule has 2 N–H and O–H groups in total. The lowest BCUT2D eigenvalue weighted by Gasteiger charge is -2.26. The topological polar surface area (TPSA) is 108 Å². The summed E-state index contributed by atoms with van der Waals surface area (Å²) in [4.78, 5) is 13.6. The van der Waals surface area contributed by atoms with E-state index in [2.05, 4.69) is 31.9 Å². The molecule has 1 aromatic carbocycles. The Morgan fingerprint density at radius 1 is 1.29 bits per heavy atom. The molecule has 1 aliphatic rings. The lowest BCUT2D eigenvalue weighted by atomic mass is 10.1. The van der Waals surface area contributed by atoms with Gasteiger partial charge in [0, 0.05) is 29.6 Å². The monoisotopic (exact) mass is 665 g/mol. The first-order valence-corrected chi connectivity index (χ1v) is 15.6. The van der Waals surface area contributed by atoms with Crippen molar-refractivity contribution in [2.24, 2.45) is 0 Å². The third-order valence-electron chi connectivity index (χ3n) is 5.56. The second-order valence-electron chi connectivity index (χ2n) is 8.02. The molecule has 0 spiro atoms. The quantitative estimate of drug-likeness (QED) is 0.216. The minimum Gasteiger partial charge on any atom is -0.477 e. The van der Waals surface area contributed by atoms with Gasteiger partial charge < -0.3 is 14.7 Å². The van der Waals surface area contributed by atoms with E-state index in [1.54, 1.807) is 22.7 Å². The number of aliphatic carboxylic acids is 1. The van der Waals surface area contributed by atoms with E-state index in [0.29, 0.717) is 18.7 Å². The van der Waals surface area contributed by atoms with E-state index < -0.39 is 16.1 Å². The average Bonchev–Trinajstić information content (AvgIpc) is 3.38. The van der Waals surface area contributed by atoms with Crippen LogP contribution >= 0.6 is 54.5 Å². The predicted octanol–water partition coefficient (Wildman–Crippen LogP) is 5.55. The molecule has 8 nitrogen and oxygen atoms in total. The Balaban J connectivity index is 1.62. The number of anilines is 1. The van der Waals surface area contributed by atoms with Crippen molar-refractivity contribution in [3.05, 3.63) is 43.1 Å². The fourth-order valence-corrected chi connectivity index (χ4v) is 8.13. The van der Waals surface area contributed by atoms with Crippen LogP contribution in [0.15, 0.2) is 38.1 Å². The van der Waals surface area contributed by atoms with E-state index in [9.17, 15) is 18.3 Å². The molecular formula is C22H23Br2N2O6S3+. The molecule has 4 rings (SSSR count). The summed E-state index contributed by atoms with van der Waals surface area (Å²) in [5, 5.41) is 10.3. The van der Waals surface area contributed by atoms with Gasteiger partial charge in [-0.25, -0.2) is 4.79 Å². The maximum atomic E-state index is 11.5. The average molecular weight is 667 g/mol. The first-order valence-electron chi connectivity index (χ1n) is 10.7. The van der Waals surface area contributed by atoms with Crippen LogP contribution in [0.3, 0.4) is 0 Å². The number of thiazole rings is 1. The van der Waals surface area contributed by atoms with Crippen molar-refractivity contribution in [3.63, 3.8) is 0 Å². The summed E-state index contributed by atoms with van der Waals surface area (Å²) in [5.41, 5.74) is 2.82. The standard InChI is InChI=1S/C22H22Br2N2O6S3/c1-2-13(9-20-26(12-21(27)28)16-11-18(24)33-22(16)34-20)8-19-25(6-3-7-35(29,30)31)15-10-14(23)4-5-17(15)32-19/h4-5,9-11,19H,2-3,6-8,12H2,1H3,(H-,27,28,29,30,31)/p+1. The second-order valence-corrected chi connectivity index (χ2v) is 14.2. The maximum absolute atomic E-state index is 11.5. The van der Waals surface area contributed by atoms with Crippen molar-refractivity contribution in [1.29, 1.82) is 0 Å². The number of rotatable bonds is 10. The number of hydrogen-bond donors (Lipinski definition) is 2. The molecule has 188 valence electrons. The number of carbonyl (C=O) groups is 1. The molecule has 0 fully saturated rings. The van der Waals surface area contributed by atoms with Crippen molar-refractivity contribution in [3.8, 4) is 5.75 Å². The summed E-state index contributed by atoms with van der Waals surface area (Å²) < 4.78 is 42.5. The van der Waals surface area contributed by atoms with Gasteiger partial charge in [-0.05, 0) is 47.0 Å². The van der Waals surface area contributed by atoms with Crippen LogP contribution in [-0.4, -0.2) is 42.6 Å². The molecule has 1 atom stereocenters. The van der Waals surface area contributed by atoms with Gasteiger partial charge in [0.2, 0.25) is 12.1 Å². The zero-order valence-corrected chi connectivity index (χ0v) is 24.2. The molecule has 0 bridgehead atoms. The van der Waals surface area contributed by atoms with Gasteiger partial charge in [0.1, 0.15) is 5.75 Å². The van der Waals surface area contributed by atoms with Crippen LogP contribution in [0.4, 0.5) is 5.69 Å². The molecule has 0 radical (unpaired) electrons. The number of ether oxygens (including phenoxy) is 1. The fraction of sp³-hybridized carbons (Fsp3) is 0.364. The molecule has 0 amide bonds. The third-order valence-corrected chi connectivity index (χ3v) is 9.72. The first-order chi connectivity index (χ1) is 16.5. The van der Waals surface area contributed by atoms with Crippen molar-refractivity contribution in [2.45, 2.75) is 39.0 Å². The van der Waals surface area contributed by atoms with E-state index in [-0.39, 0.29) is 24.9 Å². The normalized spacial score (nSPS) is 16.1. The number of benzene rings is 1. The first kappa shape index (κ1) is 26.6. The molecular weight excluding hydrogens is 644 g/mol. The Morgan fingerprint density at radius 2 is 2.06 bits per heavy atom. The van der Waals surface area contributed by atoms with E-state index >= 15 is 0 Å². The summed E-state index contributed by atoms with van der Waals surface area (Å²) in [6.45, 7) is 2.31.